The van der Waals surface area contributed by atoms with Crippen molar-refractivity contribution in [2.75, 3.05) is 11.9 Å². The van der Waals surface area contributed by atoms with Crippen molar-refractivity contribution in [2.45, 2.75) is 19.4 Å². The number of carbonyl (C=O) groups excluding carboxylic acids is 1. The number of H-pyrrole nitrogens is 1. The Kier molecular flexibility index (Phi) is 3.69. The molecule has 0 saturated carbocycles. The highest BCUT2D eigenvalue weighted by atomic mass is 32.1. The normalized spacial score (nSPS) is 16.7. The van der Waals surface area contributed by atoms with Crippen LogP contribution in [0.3, 0.4) is 0 Å². The Bertz CT molecular complexity index is 860. The van der Waals surface area contributed by atoms with Gasteiger partial charge in [-0.3, -0.25) is 10.3 Å². The molecule has 0 aliphatic carbocycles. The van der Waals surface area contributed by atoms with Crippen molar-refractivity contribution in [2.24, 2.45) is 0 Å². The highest BCUT2D eigenvalue weighted by Crippen LogP contribution is 2.33. The van der Waals surface area contributed by atoms with Crippen LogP contribution in [-0.4, -0.2) is 42.6 Å². The van der Waals surface area contributed by atoms with Gasteiger partial charge in [-0.2, -0.15) is 0 Å². The molecule has 0 spiro atoms. The molecule has 2 amide bonds. The molecule has 0 saturated heterocycles. The number of amides is 2. The fraction of sp³-hybridized carbons (Fsp3) is 0.267. The summed E-state index contributed by atoms with van der Waals surface area (Å²) in [4.78, 5) is 26.3. The Morgan fingerprint density at radius 2 is 2.38 bits per heavy atom. The lowest BCUT2D eigenvalue weighted by Crippen LogP contribution is -2.43. The van der Waals surface area contributed by atoms with Crippen LogP contribution in [-0.2, 0) is 6.42 Å². The van der Waals surface area contributed by atoms with Crippen molar-refractivity contribution in [3.8, 4) is 0 Å². The molecule has 0 aromatic carbocycles. The molecule has 1 aliphatic rings. The van der Waals surface area contributed by atoms with E-state index >= 15 is 0 Å². The van der Waals surface area contributed by atoms with E-state index in [9.17, 15) is 4.79 Å². The summed E-state index contributed by atoms with van der Waals surface area (Å²) in [6.07, 6.45) is 5.88. The zero-order chi connectivity index (χ0) is 16.5. The van der Waals surface area contributed by atoms with Gasteiger partial charge < -0.3 is 9.88 Å². The summed E-state index contributed by atoms with van der Waals surface area (Å²) >= 11 is 1.35. The molecule has 0 fully saturated rings. The number of aryl methyl sites for hydroxylation is 1. The Hall–Kier alpha value is -2.81. The number of pyridine rings is 1. The second-order valence-electron chi connectivity index (χ2n) is 5.46. The van der Waals surface area contributed by atoms with Gasteiger partial charge in [0.2, 0.25) is 5.13 Å². The number of nitrogens with one attached hydrogen (secondary N) is 2. The molecule has 4 heterocycles. The third-order valence-electron chi connectivity index (χ3n) is 3.93. The molecular formula is C15H15N7OS. The second-order valence-corrected chi connectivity index (χ2v) is 6.64. The molecule has 24 heavy (non-hydrogen) atoms. The van der Waals surface area contributed by atoms with Crippen molar-refractivity contribution in [3.05, 3.63) is 52.8 Å². The maximum absolute atomic E-state index is 12.8. The highest BCUT2D eigenvalue weighted by Gasteiger charge is 2.34. The minimum absolute atomic E-state index is 0.214. The van der Waals surface area contributed by atoms with Crippen molar-refractivity contribution < 1.29 is 4.79 Å². The minimum Gasteiger partial charge on any atom is -0.348 e. The van der Waals surface area contributed by atoms with E-state index in [1.54, 1.807) is 23.6 Å². The number of rotatable bonds is 2. The first-order valence-electron chi connectivity index (χ1n) is 7.52. The summed E-state index contributed by atoms with van der Waals surface area (Å²) in [7, 11) is 0. The van der Waals surface area contributed by atoms with Crippen LogP contribution in [0.5, 0.6) is 0 Å². The average Bonchev–Trinajstić information content (AvgIpc) is 3.23. The topological polar surface area (TPSA) is 99.7 Å². The van der Waals surface area contributed by atoms with Crippen LogP contribution >= 0.6 is 11.3 Å². The van der Waals surface area contributed by atoms with E-state index in [0.717, 1.165) is 28.4 Å². The zero-order valence-electron chi connectivity index (χ0n) is 12.9. The number of aromatic amines is 1. The monoisotopic (exact) mass is 341 g/mol. The summed E-state index contributed by atoms with van der Waals surface area (Å²) < 4.78 is 0. The van der Waals surface area contributed by atoms with Gasteiger partial charge in [-0.25, -0.2) is 9.78 Å². The van der Waals surface area contributed by atoms with Gasteiger partial charge in [0.05, 0.1) is 12.0 Å². The number of aromatic nitrogens is 5. The largest absolute Gasteiger partial charge is 0.348 e. The quantitative estimate of drug-likeness (QED) is 0.744. The fourth-order valence-electron chi connectivity index (χ4n) is 2.88. The van der Waals surface area contributed by atoms with Gasteiger partial charge in [-0.1, -0.05) is 17.4 Å². The van der Waals surface area contributed by atoms with Crippen molar-refractivity contribution >= 4 is 22.5 Å². The summed E-state index contributed by atoms with van der Waals surface area (Å²) in [5, 5.41) is 12.0. The first kappa shape index (κ1) is 14.8. The molecule has 0 radical (unpaired) electrons. The van der Waals surface area contributed by atoms with Crippen LogP contribution in [0.25, 0.3) is 0 Å². The minimum atomic E-state index is -0.275. The summed E-state index contributed by atoms with van der Waals surface area (Å²) in [5.74, 6) is 0. The van der Waals surface area contributed by atoms with E-state index in [2.05, 4.69) is 30.5 Å². The van der Waals surface area contributed by atoms with Crippen molar-refractivity contribution in [1.29, 1.82) is 0 Å². The zero-order valence-corrected chi connectivity index (χ0v) is 13.7. The van der Waals surface area contributed by atoms with Crippen LogP contribution in [0.2, 0.25) is 0 Å². The number of hydrogen-bond donors (Lipinski definition) is 2. The van der Waals surface area contributed by atoms with Gasteiger partial charge in [0.25, 0.3) is 0 Å². The number of nitrogens with zero attached hydrogens (tertiary/aromatic N) is 5. The molecule has 9 heteroatoms. The van der Waals surface area contributed by atoms with Crippen LogP contribution < -0.4 is 5.32 Å². The smallest absolute Gasteiger partial charge is 0.324 e. The number of imidazole rings is 1. The van der Waals surface area contributed by atoms with Gasteiger partial charge in [0, 0.05) is 31.1 Å². The molecule has 4 rings (SSSR count). The first-order valence-corrected chi connectivity index (χ1v) is 8.34. The van der Waals surface area contributed by atoms with E-state index in [0.29, 0.717) is 11.7 Å². The Balaban J connectivity index is 1.67. The third kappa shape index (κ3) is 2.62. The van der Waals surface area contributed by atoms with E-state index in [-0.39, 0.29) is 12.1 Å². The van der Waals surface area contributed by atoms with E-state index < -0.39 is 0 Å². The molecule has 0 unspecified atom stereocenters. The average molecular weight is 341 g/mol. The van der Waals surface area contributed by atoms with Crippen LogP contribution in [0, 0.1) is 6.92 Å². The predicted octanol–water partition coefficient (Wildman–Crippen LogP) is 2.14. The third-order valence-corrected chi connectivity index (χ3v) is 4.68. The summed E-state index contributed by atoms with van der Waals surface area (Å²) in [5.41, 5.74) is 2.84. The molecule has 0 bridgehead atoms. The van der Waals surface area contributed by atoms with Crippen LogP contribution in [0.4, 0.5) is 9.93 Å². The van der Waals surface area contributed by atoms with E-state index in [4.69, 9.17) is 0 Å². The van der Waals surface area contributed by atoms with E-state index in [1.807, 2.05) is 19.1 Å². The Morgan fingerprint density at radius 3 is 3.12 bits per heavy atom. The van der Waals surface area contributed by atoms with Crippen LogP contribution in [0.15, 0.2) is 30.9 Å². The standard InChI is InChI=1S/C15H15N7OS/c1-9-20-21-14(24-9)19-15(23)22-6-4-11-12(18-8-17-11)13(22)10-3-2-5-16-7-10/h2-3,5,7-8,13H,4,6H2,1H3,(H,17,18)(H,19,21,23)/t13-/m1/s1. The van der Waals surface area contributed by atoms with Crippen LogP contribution in [0.1, 0.15) is 28.0 Å². The molecule has 2 N–H and O–H groups in total. The maximum Gasteiger partial charge on any atom is 0.324 e. The molecule has 3 aromatic rings. The SMILES string of the molecule is Cc1nnc(NC(=O)N2CCc3[nH]cnc3[C@H]2c2cccnc2)s1. The van der Waals surface area contributed by atoms with Gasteiger partial charge in [-0.15, -0.1) is 10.2 Å². The first-order chi connectivity index (χ1) is 11.7. The number of urea groups is 1. The van der Waals surface area contributed by atoms with Gasteiger partial charge in [0.1, 0.15) is 11.0 Å². The predicted molar refractivity (Wildman–Crippen MR) is 88.7 cm³/mol. The summed E-state index contributed by atoms with van der Waals surface area (Å²) in [6, 6.07) is 3.33. The number of fused-ring (bicyclic) bond motifs is 1. The van der Waals surface area contributed by atoms with Crippen molar-refractivity contribution in [3.63, 3.8) is 0 Å². The lowest BCUT2D eigenvalue weighted by atomic mass is 9.97. The number of hydrogen-bond acceptors (Lipinski definition) is 6. The fourth-order valence-corrected chi connectivity index (χ4v) is 3.46. The van der Waals surface area contributed by atoms with Gasteiger partial charge in [-0.05, 0) is 18.6 Å². The number of carbonyl (C=O) groups is 1. The second kappa shape index (κ2) is 6.00. The van der Waals surface area contributed by atoms with Gasteiger partial charge in [0.15, 0.2) is 0 Å². The molecule has 1 atom stereocenters. The molecular weight excluding hydrogens is 326 g/mol. The lowest BCUT2D eigenvalue weighted by molar-refractivity contribution is 0.192. The molecule has 1 aliphatic heterocycles. The molecule has 3 aromatic heterocycles. The molecule has 122 valence electrons. The Labute approximate surface area is 142 Å². The maximum atomic E-state index is 12.8. The summed E-state index contributed by atoms with van der Waals surface area (Å²) in [6.45, 7) is 2.43. The number of anilines is 1. The lowest BCUT2D eigenvalue weighted by Gasteiger charge is -2.34. The van der Waals surface area contributed by atoms with E-state index in [1.165, 1.54) is 11.3 Å². The highest BCUT2D eigenvalue weighted by molar-refractivity contribution is 7.15. The molecule has 8 nitrogen and oxygen atoms in total. The Morgan fingerprint density at radius 1 is 1.46 bits per heavy atom. The van der Waals surface area contributed by atoms with Gasteiger partial charge >= 0.3 is 6.03 Å². The van der Waals surface area contributed by atoms with Crippen molar-refractivity contribution in [1.82, 2.24) is 30.0 Å².